The molecular formula is C11H15N3O2. The van der Waals surface area contributed by atoms with Gasteiger partial charge in [0, 0.05) is 12.3 Å². The Kier molecular flexibility index (Phi) is 3.24. The van der Waals surface area contributed by atoms with Crippen LogP contribution < -0.4 is 10.5 Å². The van der Waals surface area contributed by atoms with Crippen LogP contribution in [0.4, 0.5) is 0 Å². The van der Waals surface area contributed by atoms with Crippen molar-refractivity contribution in [3.63, 3.8) is 0 Å². The molecule has 1 aliphatic carbocycles. The number of oxime groups is 1. The van der Waals surface area contributed by atoms with Gasteiger partial charge in [0.25, 0.3) is 0 Å². The fourth-order valence-corrected chi connectivity index (χ4v) is 1.44. The number of aromatic nitrogens is 1. The second-order valence-corrected chi connectivity index (χ2v) is 3.94. The molecule has 2 rings (SSSR count). The van der Waals surface area contributed by atoms with E-state index < -0.39 is 0 Å². The average molecular weight is 221 g/mol. The summed E-state index contributed by atoms with van der Waals surface area (Å²) in [6.07, 6.45) is 5.34. The molecule has 1 aliphatic rings. The van der Waals surface area contributed by atoms with Crippen molar-refractivity contribution >= 4 is 5.84 Å². The summed E-state index contributed by atoms with van der Waals surface area (Å²) in [6.45, 7) is 0.713. The molecule has 0 atom stereocenters. The zero-order valence-corrected chi connectivity index (χ0v) is 8.97. The fraction of sp³-hybridized carbons (Fsp3) is 0.455. The maximum Gasteiger partial charge on any atom is 0.188 e. The van der Waals surface area contributed by atoms with Crippen molar-refractivity contribution in [2.24, 2.45) is 16.8 Å². The number of nitrogens with two attached hydrogens (primary N) is 1. The molecule has 0 aromatic carbocycles. The zero-order chi connectivity index (χ0) is 11.4. The van der Waals surface area contributed by atoms with Crippen molar-refractivity contribution in [2.45, 2.75) is 19.3 Å². The number of hydrogen-bond donors (Lipinski definition) is 2. The third kappa shape index (κ3) is 2.85. The van der Waals surface area contributed by atoms with Gasteiger partial charge in [0.05, 0.1) is 6.61 Å². The van der Waals surface area contributed by atoms with E-state index in [2.05, 4.69) is 10.1 Å². The Morgan fingerprint density at radius 2 is 2.44 bits per heavy atom. The van der Waals surface area contributed by atoms with E-state index >= 15 is 0 Å². The Morgan fingerprint density at radius 1 is 1.62 bits per heavy atom. The lowest BCUT2D eigenvalue weighted by Gasteiger charge is -2.06. The summed E-state index contributed by atoms with van der Waals surface area (Å²) in [5.41, 5.74) is 5.85. The van der Waals surface area contributed by atoms with E-state index in [1.54, 1.807) is 18.3 Å². The van der Waals surface area contributed by atoms with Gasteiger partial charge < -0.3 is 15.7 Å². The Morgan fingerprint density at radius 3 is 3.12 bits per heavy atom. The van der Waals surface area contributed by atoms with Crippen LogP contribution in [0.5, 0.6) is 5.75 Å². The minimum absolute atomic E-state index is 0.00681. The van der Waals surface area contributed by atoms with Crippen molar-refractivity contribution in [2.75, 3.05) is 6.61 Å². The van der Waals surface area contributed by atoms with Crippen molar-refractivity contribution in [3.8, 4) is 5.75 Å². The smallest absolute Gasteiger partial charge is 0.188 e. The molecule has 5 heteroatoms. The van der Waals surface area contributed by atoms with Crippen molar-refractivity contribution in [1.29, 1.82) is 0 Å². The van der Waals surface area contributed by atoms with Gasteiger partial charge >= 0.3 is 0 Å². The molecule has 1 aromatic rings. The summed E-state index contributed by atoms with van der Waals surface area (Å²) in [5, 5.41) is 11.4. The molecule has 0 spiro atoms. The number of hydrogen-bond acceptors (Lipinski definition) is 4. The third-order valence-corrected chi connectivity index (χ3v) is 2.59. The van der Waals surface area contributed by atoms with Crippen LogP contribution in [0.25, 0.3) is 0 Å². The molecule has 0 aliphatic heterocycles. The summed E-state index contributed by atoms with van der Waals surface area (Å²) < 4.78 is 5.56. The van der Waals surface area contributed by atoms with Crippen LogP contribution >= 0.6 is 0 Å². The van der Waals surface area contributed by atoms with Gasteiger partial charge in [-0.3, -0.25) is 4.98 Å². The highest BCUT2D eigenvalue weighted by Crippen LogP contribution is 2.32. The minimum atomic E-state index is -0.00681. The van der Waals surface area contributed by atoms with Crippen LogP contribution in [0, 0.1) is 5.92 Å². The molecule has 1 saturated carbocycles. The SMILES string of the molecule is N/C(=N/O)c1cc(OCCC2CC2)ccn1. The van der Waals surface area contributed by atoms with Gasteiger partial charge in [0.2, 0.25) is 0 Å². The maximum atomic E-state index is 8.52. The zero-order valence-electron chi connectivity index (χ0n) is 8.97. The lowest BCUT2D eigenvalue weighted by atomic mass is 10.3. The topological polar surface area (TPSA) is 80.7 Å². The molecule has 0 amide bonds. The van der Waals surface area contributed by atoms with E-state index in [1.165, 1.54) is 12.8 Å². The first-order valence-corrected chi connectivity index (χ1v) is 5.36. The summed E-state index contributed by atoms with van der Waals surface area (Å²) >= 11 is 0. The number of rotatable bonds is 5. The third-order valence-electron chi connectivity index (χ3n) is 2.59. The molecular weight excluding hydrogens is 206 g/mol. The Labute approximate surface area is 93.9 Å². The largest absolute Gasteiger partial charge is 0.493 e. The standard InChI is InChI=1S/C11H15N3O2/c12-11(14-15)10-7-9(3-5-13-10)16-6-4-8-1-2-8/h3,5,7-8,15H,1-2,4,6H2,(H2,12,14). The van der Waals surface area contributed by atoms with E-state index in [4.69, 9.17) is 15.7 Å². The highest BCUT2D eigenvalue weighted by Gasteiger charge is 2.20. The number of ether oxygens (including phenoxy) is 1. The number of nitrogens with zero attached hydrogens (tertiary/aromatic N) is 2. The number of amidine groups is 1. The van der Waals surface area contributed by atoms with Crippen LogP contribution in [0.15, 0.2) is 23.5 Å². The van der Waals surface area contributed by atoms with Crippen LogP contribution in [0.3, 0.4) is 0 Å². The quantitative estimate of drug-likeness (QED) is 0.340. The van der Waals surface area contributed by atoms with E-state index in [0.717, 1.165) is 12.3 Å². The molecule has 0 saturated heterocycles. The Bertz CT molecular complexity index is 389. The number of pyridine rings is 1. The summed E-state index contributed by atoms with van der Waals surface area (Å²) in [7, 11) is 0. The second kappa shape index (κ2) is 4.83. The molecule has 5 nitrogen and oxygen atoms in total. The molecule has 0 bridgehead atoms. The van der Waals surface area contributed by atoms with Gasteiger partial charge in [-0.1, -0.05) is 18.0 Å². The molecule has 1 fully saturated rings. The molecule has 1 heterocycles. The summed E-state index contributed by atoms with van der Waals surface area (Å²) in [6, 6.07) is 3.43. The molecule has 16 heavy (non-hydrogen) atoms. The average Bonchev–Trinajstić information content (AvgIpc) is 3.12. The highest BCUT2D eigenvalue weighted by molar-refractivity contribution is 5.95. The first-order valence-electron chi connectivity index (χ1n) is 5.36. The van der Waals surface area contributed by atoms with Crippen molar-refractivity contribution in [3.05, 3.63) is 24.0 Å². The van der Waals surface area contributed by atoms with Crippen LogP contribution in [-0.4, -0.2) is 22.6 Å². The van der Waals surface area contributed by atoms with E-state index in [0.29, 0.717) is 18.1 Å². The highest BCUT2D eigenvalue weighted by atomic mass is 16.5. The van der Waals surface area contributed by atoms with Crippen LogP contribution in [-0.2, 0) is 0 Å². The lowest BCUT2D eigenvalue weighted by Crippen LogP contribution is -2.15. The summed E-state index contributed by atoms with van der Waals surface area (Å²) in [5.74, 6) is 1.55. The minimum Gasteiger partial charge on any atom is -0.493 e. The Balaban J connectivity index is 1.92. The molecule has 3 N–H and O–H groups in total. The van der Waals surface area contributed by atoms with Crippen LogP contribution in [0.1, 0.15) is 25.0 Å². The lowest BCUT2D eigenvalue weighted by molar-refractivity contribution is 0.302. The van der Waals surface area contributed by atoms with Gasteiger partial charge in [0.15, 0.2) is 5.84 Å². The first-order chi connectivity index (χ1) is 7.79. The van der Waals surface area contributed by atoms with Gasteiger partial charge in [-0.05, 0) is 18.4 Å². The van der Waals surface area contributed by atoms with Gasteiger partial charge in [-0.2, -0.15) is 0 Å². The molecule has 0 radical (unpaired) electrons. The molecule has 1 aromatic heterocycles. The van der Waals surface area contributed by atoms with Crippen molar-refractivity contribution in [1.82, 2.24) is 4.98 Å². The first kappa shape index (κ1) is 10.7. The second-order valence-electron chi connectivity index (χ2n) is 3.94. The van der Waals surface area contributed by atoms with Gasteiger partial charge in [0.1, 0.15) is 11.4 Å². The van der Waals surface area contributed by atoms with Gasteiger partial charge in [-0.25, -0.2) is 0 Å². The fourth-order valence-electron chi connectivity index (χ4n) is 1.44. The predicted octanol–water partition coefficient (Wildman–Crippen LogP) is 1.35. The monoisotopic (exact) mass is 221 g/mol. The van der Waals surface area contributed by atoms with E-state index in [9.17, 15) is 0 Å². The van der Waals surface area contributed by atoms with E-state index in [-0.39, 0.29) is 5.84 Å². The van der Waals surface area contributed by atoms with Crippen molar-refractivity contribution < 1.29 is 9.94 Å². The van der Waals surface area contributed by atoms with E-state index in [1.807, 2.05) is 0 Å². The molecule has 86 valence electrons. The van der Waals surface area contributed by atoms with Crippen LogP contribution in [0.2, 0.25) is 0 Å². The Hall–Kier alpha value is -1.78. The van der Waals surface area contributed by atoms with Gasteiger partial charge in [-0.15, -0.1) is 0 Å². The molecule has 0 unspecified atom stereocenters. The maximum absolute atomic E-state index is 8.52. The summed E-state index contributed by atoms with van der Waals surface area (Å²) in [4.78, 5) is 3.97. The predicted molar refractivity (Wildman–Crippen MR) is 59.6 cm³/mol. The normalized spacial score (nSPS) is 16.1.